The fourth-order valence-corrected chi connectivity index (χ4v) is 2.59. The van der Waals surface area contributed by atoms with Gasteiger partial charge in [-0.15, -0.1) is 0 Å². The van der Waals surface area contributed by atoms with Gasteiger partial charge in [-0.2, -0.15) is 15.0 Å². The molecule has 0 radical (unpaired) electrons. The lowest BCUT2D eigenvalue weighted by molar-refractivity contribution is 0.198. The van der Waals surface area contributed by atoms with E-state index in [0.29, 0.717) is 36.3 Å². The van der Waals surface area contributed by atoms with Gasteiger partial charge in [0.1, 0.15) is 0 Å². The molecule has 2 rings (SSSR count). The molecule has 2 atom stereocenters. The summed E-state index contributed by atoms with van der Waals surface area (Å²) in [5, 5.41) is 15.5. The molecule has 20 heavy (non-hydrogen) atoms. The van der Waals surface area contributed by atoms with Gasteiger partial charge in [-0.25, -0.2) is 0 Å². The van der Waals surface area contributed by atoms with Crippen molar-refractivity contribution in [2.75, 3.05) is 37.4 Å². The summed E-state index contributed by atoms with van der Waals surface area (Å²) in [7, 11) is 1.76. The first kappa shape index (κ1) is 14.8. The second-order valence-electron chi connectivity index (χ2n) is 4.96. The second kappa shape index (κ2) is 7.23. The van der Waals surface area contributed by atoms with Crippen LogP contribution in [0.15, 0.2) is 0 Å². The number of aliphatic hydroxyl groups excluding tert-OH is 1. The molecule has 0 aliphatic heterocycles. The summed E-state index contributed by atoms with van der Waals surface area (Å²) in [5.74, 6) is 1.86. The van der Waals surface area contributed by atoms with E-state index >= 15 is 0 Å². The largest absolute Gasteiger partial charge is 0.464 e. The van der Waals surface area contributed by atoms with Crippen LogP contribution in [0.1, 0.15) is 26.2 Å². The van der Waals surface area contributed by atoms with Gasteiger partial charge in [0.2, 0.25) is 11.9 Å². The van der Waals surface area contributed by atoms with Gasteiger partial charge >= 0.3 is 6.01 Å². The first-order valence-corrected chi connectivity index (χ1v) is 7.18. The molecule has 2 unspecified atom stereocenters. The molecule has 1 fully saturated rings. The Hall–Kier alpha value is -1.63. The van der Waals surface area contributed by atoms with E-state index < -0.39 is 0 Å². The van der Waals surface area contributed by atoms with Crippen LogP contribution in [0.4, 0.5) is 11.9 Å². The zero-order chi connectivity index (χ0) is 14.4. The van der Waals surface area contributed by atoms with Crippen molar-refractivity contribution in [2.24, 2.45) is 11.8 Å². The van der Waals surface area contributed by atoms with Crippen LogP contribution in [-0.4, -0.2) is 46.9 Å². The molecule has 0 bridgehead atoms. The zero-order valence-corrected chi connectivity index (χ0v) is 12.1. The Morgan fingerprint density at radius 2 is 1.95 bits per heavy atom. The molecule has 1 heterocycles. The van der Waals surface area contributed by atoms with Crippen LogP contribution in [0.2, 0.25) is 0 Å². The zero-order valence-electron chi connectivity index (χ0n) is 12.1. The third-order valence-electron chi connectivity index (χ3n) is 3.69. The minimum Gasteiger partial charge on any atom is -0.464 e. The van der Waals surface area contributed by atoms with Crippen LogP contribution in [0, 0.1) is 11.8 Å². The molecule has 7 nitrogen and oxygen atoms in total. The molecule has 1 saturated carbocycles. The van der Waals surface area contributed by atoms with Crippen molar-refractivity contribution in [1.29, 1.82) is 0 Å². The number of nitrogens with zero attached hydrogens (tertiary/aromatic N) is 3. The Kier molecular flexibility index (Phi) is 5.34. The van der Waals surface area contributed by atoms with Gasteiger partial charge in [-0.05, 0) is 31.6 Å². The molecule has 1 aliphatic rings. The van der Waals surface area contributed by atoms with Gasteiger partial charge < -0.3 is 20.5 Å². The molecule has 0 amide bonds. The number of anilines is 2. The molecule has 1 aromatic rings. The van der Waals surface area contributed by atoms with E-state index in [9.17, 15) is 5.11 Å². The number of nitrogens with one attached hydrogen (secondary N) is 2. The molecular weight excluding hydrogens is 258 g/mol. The van der Waals surface area contributed by atoms with Crippen molar-refractivity contribution >= 4 is 11.9 Å². The number of aromatic nitrogens is 3. The monoisotopic (exact) mass is 281 g/mol. The Labute approximate surface area is 119 Å². The maximum absolute atomic E-state index is 9.33. The third-order valence-corrected chi connectivity index (χ3v) is 3.69. The molecule has 7 heteroatoms. The summed E-state index contributed by atoms with van der Waals surface area (Å²) in [4.78, 5) is 12.6. The van der Waals surface area contributed by atoms with Gasteiger partial charge in [0.15, 0.2) is 0 Å². The van der Waals surface area contributed by atoms with Crippen molar-refractivity contribution in [2.45, 2.75) is 26.2 Å². The molecule has 1 aromatic heterocycles. The Morgan fingerprint density at radius 3 is 2.65 bits per heavy atom. The molecule has 0 saturated heterocycles. The van der Waals surface area contributed by atoms with Gasteiger partial charge in [0.25, 0.3) is 0 Å². The van der Waals surface area contributed by atoms with Gasteiger partial charge in [0.05, 0.1) is 6.61 Å². The SMILES string of the molecule is CCOc1nc(NC)nc(NCC2CCCC2CO)n1. The summed E-state index contributed by atoms with van der Waals surface area (Å²) in [6.45, 7) is 3.43. The number of aliphatic hydroxyl groups is 1. The van der Waals surface area contributed by atoms with Crippen molar-refractivity contribution < 1.29 is 9.84 Å². The summed E-state index contributed by atoms with van der Waals surface area (Å²) >= 11 is 0. The lowest BCUT2D eigenvalue weighted by atomic mass is 9.97. The fraction of sp³-hybridized carbons (Fsp3) is 0.769. The number of hydrogen-bond donors (Lipinski definition) is 3. The first-order valence-electron chi connectivity index (χ1n) is 7.18. The lowest BCUT2D eigenvalue weighted by Gasteiger charge is -2.18. The van der Waals surface area contributed by atoms with Gasteiger partial charge in [0, 0.05) is 20.2 Å². The minimum atomic E-state index is 0.259. The highest BCUT2D eigenvalue weighted by Crippen LogP contribution is 2.31. The Balaban J connectivity index is 1.99. The molecule has 0 spiro atoms. The van der Waals surface area contributed by atoms with E-state index in [1.807, 2.05) is 6.92 Å². The van der Waals surface area contributed by atoms with Crippen LogP contribution >= 0.6 is 0 Å². The minimum absolute atomic E-state index is 0.259. The molecular formula is C13H23N5O2. The van der Waals surface area contributed by atoms with E-state index in [0.717, 1.165) is 19.4 Å². The van der Waals surface area contributed by atoms with Crippen LogP contribution < -0.4 is 15.4 Å². The van der Waals surface area contributed by atoms with Crippen molar-refractivity contribution in [3.05, 3.63) is 0 Å². The van der Waals surface area contributed by atoms with Crippen LogP contribution in [0.3, 0.4) is 0 Å². The average molecular weight is 281 g/mol. The highest BCUT2D eigenvalue weighted by Gasteiger charge is 2.26. The van der Waals surface area contributed by atoms with Gasteiger partial charge in [-0.3, -0.25) is 0 Å². The van der Waals surface area contributed by atoms with Crippen LogP contribution in [0.5, 0.6) is 6.01 Å². The maximum atomic E-state index is 9.33. The summed E-state index contributed by atoms with van der Waals surface area (Å²) in [5.41, 5.74) is 0. The van der Waals surface area contributed by atoms with Crippen LogP contribution in [-0.2, 0) is 0 Å². The van der Waals surface area contributed by atoms with Crippen LogP contribution in [0.25, 0.3) is 0 Å². The number of rotatable bonds is 7. The molecule has 112 valence electrons. The maximum Gasteiger partial charge on any atom is 0.323 e. The van der Waals surface area contributed by atoms with E-state index in [1.165, 1.54) is 6.42 Å². The van der Waals surface area contributed by atoms with E-state index in [1.54, 1.807) is 7.05 Å². The number of hydrogen-bond acceptors (Lipinski definition) is 7. The number of ether oxygens (including phenoxy) is 1. The first-order chi connectivity index (χ1) is 9.76. The smallest absolute Gasteiger partial charge is 0.323 e. The van der Waals surface area contributed by atoms with Crippen molar-refractivity contribution in [3.63, 3.8) is 0 Å². The summed E-state index contributed by atoms with van der Waals surface area (Å²) in [6, 6.07) is 0.319. The average Bonchev–Trinajstić information content (AvgIpc) is 2.92. The fourth-order valence-electron chi connectivity index (χ4n) is 2.59. The topological polar surface area (TPSA) is 92.2 Å². The third kappa shape index (κ3) is 3.69. The quantitative estimate of drug-likeness (QED) is 0.690. The highest BCUT2D eigenvalue weighted by atomic mass is 16.5. The molecule has 0 aromatic carbocycles. The van der Waals surface area contributed by atoms with Gasteiger partial charge in [-0.1, -0.05) is 6.42 Å². The predicted molar refractivity (Wildman–Crippen MR) is 76.9 cm³/mol. The van der Waals surface area contributed by atoms with Crippen molar-refractivity contribution in [1.82, 2.24) is 15.0 Å². The van der Waals surface area contributed by atoms with E-state index in [4.69, 9.17) is 4.74 Å². The predicted octanol–water partition coefficient (Wildman–Crippen LogP) is 1.13. The molecule has 3 N–H and O–H groups in total. The summed E-state index contributed by atoms with van der Waals surface area (Å²) in [6.07, 6.45) is 3.42. The second-order valence-corrected chi connectivity index (χ2v) is 4.96. The highest BCUT2D eigenvalue weighted by molar-refractivity contribution is 5.35. The molecule has 1 aliphatic carbocycles. The Bertz CT molecular complexity index is 429. The Morgan fingerprint density at radius 1 is 1.20 bits per heavy atom. The normalized spacial score (nSPS) is 21.8. The standard InChI is InChI=1S/C13H23N5O2/c1-3-20-13-17-11(14-2)16-12(18-13)15-7-9-5-4-6-10(9)8-19/h9-10,19H,3-8H2,1-2H3,(H2,14,15,16,17,18). The lowest BCUT2D eigenvalue weighted by Crippen LogP contribution is -2.22. The summed E-state index contributed by atoms with van der Waals surface area (Å²) < 4.78 is 5.32. The van der Waals surface area contributed by atoms with E-state index in [2.05, 4.69) is 25.6 Å². The van der Waals surface area contributed by atoms with E-state index in [-0.39, 0.29) is 6.61 Å². The van der Waals surface area contributed by atoms with Crippen molar-refractivity contribution in [3.8, 4) is 6.01 Å².